The van der Waals surface area contributed by atoms with Crippen molar-refractivity contribution in [1.29, 1.82) is 0 Å². The van der Waals surface area contributed by atoms with Crippen LogP contribution in [0.3, 0.4) is 0 Å². The van der Waals surface area contributed by atoms with E-state index < -0.39 is 7.72 Å². The molecular weight excluding hydrogens is 207 g/mol. The smallest absolute Gasteiger partial charge is 0.316 e. The van der Waals surface area contributed by atoms with Gasteiger partial charge in [-0.1, -0.05) is 32.0 Å². The van der Waals surface area contributed by atoms with E-state index in [2.05, 4.69) is 13.8 Å². The second kappa shape index (κ2) is 6.09. The number of hydrogen-bond acceptors (Lipinski definition) is 2. The van der Waals surface area contributed by atoms with Gasteiger partial charge < -0.3 is 4.52 Å². The van der Waals surface area contributed by atoms with Gasteiger partial charge in [0, 0.05) is 0 Å². The predicted octanol–water partition coefficient (Wildman–Crippen LogP) is 3.73. The predicted molar refractivity (Wildman–Crippen MR) is 66.5 cm³/mol. The fourth-order valence-electron chi connectivity index (χ4n) is 1.58. The first kappa shape index (κ1) is 12.5. The molecule has 0 aromatic heterocycles. The Labute approximate surface area is 92.8 Å². The summed E-state index contributed by atoms with van der Waals surface area (Å²) in [6, 6.07) is 9.60. The van der Waals surface area contributed by atoms with E-state index in [-0.39, 0.29) is 0 Å². The molecule has 0 spiro atoms. The topological polar surface area (TPSA) is 29.5 Å². The Morgan fingerprint density at radius 1 is 1.07 bits per heavy atom. The molecule has 1 aromatic carbocycles. The lowest BCUT2D eigenvalue weighted by molar-refractivity contribution is 0.452. The molecule has 1 rings (SSSR count). The molecule has 3 heteroatoms. The Balaban J connectivity index is 2.66. The van der Waals surface area contributed by atoms with E-state index in [1.807, 2.05) is 30.3 Å². The van der Waals surface area contributed by atoms with Crippen LogP contribution in [-0.4, -0.2) is 17.2 Å². The van der Waals surface area contributed by atoms with Crippen molar-refractivity contribution >= 4 is 7.72 Å². The zero-order valence-corrected chi connectivity index (χ0v) is 10.4. The van der Waals surface area contributed by atoms with Gasteiger partial charge in [-0.2, -0.15) is 0 Å². The van der Waals surface area contributed by atoms with Crippen LogP contribution in [-0.2, 0) is 0 Å². The van der Waals surface area contributed by atoms with Gasteiger partial charge in [-0.25, -0.2) is 4.89 Å². The van der Waals surface area contributed by atoms with Crippen LogP contribution >= 0.6 is 7.72 Å². The highest BCUT2D eigenvalue weighted by molar-refractivity contribution is 7.65. The van der Waals surface area contributed by atoms with Crippen LogP contribution in [0.2, 0.25) is 0 Å². The summed E-state index contributed by atoms with van der Waals surface area (Å²) in [4.78, 5) is 10.4. The highest BCUT2D eigenvalue weighted by Crippen LogP contribution is 2.56. The molecule has 0 aliphatic rings. The quantitative estimate of drug-likeness (QED) is 0.750. The van der Waals surface area contributed by atoms with Crippen molar-refractivity contribution in [1.82, 2.24) is 0 Å². The number of rotatable bonds is 6. The molecule has 0 fully saturated rings. The van der Waals surface area contributed by atoms with Crippen molar-refractivity contribution in [3.8, 4) is 5.75 Å². The summed E-state index contributed by atoms with van der Waals surface area (Å²) in [5.41, 5.74) is 0. The highest BCUT2D eigenvalue weighted by atomic mass is 31.2. The summed E-state index contributed by atoms with van der Waals surface area (Å²) >= 11 is 0. The van der Waals surface area contributed by atoms with Crippen molar-refractivity contribution in [2.24, 2.45) is 0 Å². The van der Waals surface area contributed by atoms with E-state index in [1.54, 1.807) is 0 Å². The Hall–Kier alpha value is -0.590. The summed E-state index contributed by atoms with van der Waals surface area (Å²) in [6.07, 6.45) is 3.51. The van der Waals surface area contributed by atoms with E-state index in [4.69, 9.17) is 4.52 Å². The first-order chi connectivity index (χ1) is 7.20. The van der Waals surface area contributed by atoms with Crippen molar-refractivity contribution in [2.45, 2.75) is 26.7 Å². The lowest BCUT2D eigenvalue weighted by Gasteiger charge is -2.18. The molecule has 0 saturated heterocycles. The van der Waals surface area contributed by atoms with Gasteiger partial charge in [-0.3, -0.25) is 0 Å². The minimum atomic E-state index is -2.19. The van der Waals surface area contributed by atoms with Gasteiger partial charge >= 0.3 is 7.72 Å². The zero-order chi connectivity index (χ0) is 11.1. The van der Waals surface area contributed by atoms with Crippen LogP contribution in [0.5, 0.6) is 5.75 Å². The molecule has 15 heavy (non-hydrogen) atoms. The van der Waals surface area contributed by atoms with E-state index in [0.29, 0.717) is 0 Å². The van der Waals surface area contributed by atoms with Gasteiger partial charge in [0.05, 0.1) is 0 Å². The van der Waals surface area contributed by atoms with Crippen LogP contribution in [0.15, 0.2) is 30.3 Å². The van der Waals surface area contributed by atoms with Gasteiger partial charge in [0.1, 0.15) is 12.3 Å². The second-order valence-corrected chi connectivity index (χ2v) is 6.47. The monoisotopic (exact) mass is 227 g/mol. The lowest BCUT2D eigenvalue weighted by Crippen LogP contribution is -2.08. The third-order valence-electron chi connectivity index (χ3n) is 2.16. The van der Waals surface area contributed by atoms with Gasteiger partial charge in [0.2, 0.25) is 0 Å². The summed E-state index contributed by atoms with van der Waals surface area (Å²) < 4.78 is 5.75. The van der Waals surface area contributed by atoms with Gasteiger partial charge in [-0.15, -0.1) is 0 Å². The molecule has 0 atom stereocenters. The van der Waals surface area contributed by atoms with Gasteiger partial charge in [0.15, 0.2) is 5.75 Å². The fraction of sp³-hybridized carbons (Fsp3) is 0.500. The van der Waals surface area contributed by atoms with E-state index in [0.717, 1.165) is 30.9 Å². The average Bonchev–Trinajstić information content (AvgIpc) is 2.19. The van der Waals surface area contributed by atoms with Crippen molar-refractivity contribution in [3.05, 3.63) is 30.3 Å². The number of benzene rings is 1. The second-order valence-electron chi connectivity index (χ2n) is 3.70. The molecule has 0 aliphatic carbocycles. The molecule has 0 unspecified atom stereocenters. The Morgan fingerprint density at radius 3 is 2.07 bits per heavy atom. The number of para-hydroxylation sites is 1. The minimum Gasteiger partial charge on any atom is -0.320 e. The molecule has 2 nitrogen and oxygen atoms in total. The average molecular weight is 227 g/mol. The molecule has 0 heterocycles. The summed E-state index contributed by atoms with van der Waals surface area (Å²) in [5, 5.41) is 0. The maximum absolute atomic E-state index is 10.4. The molecule has 0 bridgehead atoms. The molecule has 0 aliphatic heterocycles. The SMILES string of the molecule is CCC[P+](O)(CCC)Oc1ccccc1. The highest BCUT2D eigenvalue weighted by Gasteiger charge is 2.36. The first-order valence-corrected chi connectivity index (χ1v) is 7.57. The van der Waals surface area contributed by atoms with E-state index in [1.165, 1.54) is 0 Å². The standard InChI is InChI=1S/C12H20O2P/c1-3-10-15(13,11-4-2)14-12-8-6-5-7-9-12/h5-9,13H,3-4,10-11H2,1-2H3/q+1. The maximum atomic E-state index is 10.4. The summed E-state index contributed by atoms with van der Waals surface area (Å²) in [5.74, 6) is 0.787. The third kappa shape index (κ3) is 4.19. The Morgan fingerprint density at radius 2 is 1.60 bits per heavy atom. The fourth-order valence-corrected chi connectivity index (χ4v) is 3.90. The van der Waals surface area contributed by atoms with Crippen molar-refractivity contribution in [2.75, 3.05) is 12.3 Å². The summed E-state index contributed by atoms with van der Waals surface area (Å²) in [7, 11) is -2.19. The molecule has 0 saturated carbocycles. The van der Waals surface area contributed by atoms with E-state index in [9.17, 15) is 4.89 Å². The number of hydrogen-bond donors (Lipinski definition) is 1. The van der Waals surface area contributed by atoms with Crippen molar-refractivity contribution < 1.29 is 9.42 Å². The van der Waals surface area contributed by atoms with Crippen LogP contribution in [0.4, 0.5) is 0 Å². The first-order valence-electron chi connectivity index (χ1n) is 5.54. The third-order valence-corrected chi connectivity index (χ3v) is 5.01. The molecule has 84 valence electrons. The van der Waals surface area contributed by atoms with E-state index >= 15 is 0 Å². The van der Waals surface area contributed by atoms with Crippen molar-refractivity contribution in [3.63, 3.8) is 0 Å². The van der Waals surface area contributed by atoms with Crippen LogP contribution < -0.4 is 4.52 Å². The normalized spacial score (nSPS) is 11.4. The molecular formula is C12H20O2P+. The van der Waals surface area contributed by atoms with Gasteiger partial charge in [0.25, 0.3) is 0 Å². The molecule has 0 radical (unpaired) electrons. The lowest BCUT2D eigenvalue weighted by atomic mass is 10.3. The summed E-state index contributed by atoms with van der Waals surface area (Å²) in [6.45, 7) is 4.16. The Bertz CT molecular complexity index is 268. The Kier molecular flexibility index (Phi) is 5.07. The largest absolute Gasteiger partial charge is 0.320 e. The zero-order valence-electron chi connectivity index (χ0n) is 9.52. The molecule has 0 amide bonds. The van der Waals surface area contributed by atoms with Crippen LogP contribution in [0.25, 0.3) is 0 Å². The maximum Gasteiger partial charge on any atom is 0.316 e. The van der Waals surface area contributed by atoms with Gasteiger partial charge in [-0.05, 0) is 25.0 Å². The minimum absolute atomic E-state index is 0.787. The molecule has 1 aromatic rings. The van der Waals surface area contributed by atoms with Crippen LogP contribution in [0.1, 0.15) is 26.7 Å². The molecule has 1 N–H and O–H groups in total. The van der Waals surface area contributed by atoms with Crippen LogP contribution in [0, 0.1) is 0 Å².